The molecule has 0 radical (unpaired) electrons. The van der Waals surface area contributed by atoms with Gasteiger partial charge >= 0.3 is 0 Å². The molecule has 1 saturated heterocycles. The number of aliphatic hydroxyl groups excluding tert-OH is 1. The topological polar surface area (TPSA) is 83.3 Å². The summed E-state index contributed by atoms with van der Waals surface area (Å²) >= 11 is 0. The van der Waals surface area contributed by atoms with Crippen LogP contribution in [-0.2, 0) is 11.3 Å². The number of rotatable bonds is 6. The SMILES string of the molecule is Cc1ccc(NC(=O)C2CCN(CC(O)Cn3cccn3)CC2)nc1. The molecule has 25 heavy (non-hydrogen) atoms. The highest BCUT2D eigenvalue weighted by Crippen LogP contribution is 2.19. The summed E-state index contributed by atoms with van der Waals surface area (Å²) in [5.74, 6) is 0.642. The van der Waals surface area contributed by atoms with E-state index in [9.17, 15) is 9.90 Å². The number of likely N-dealkylation sites (tertiary alicyclic amines) is 1. The van der Waals surface area contributed by atoms with Crippen LogP contribution in [0.4, 0.5) is 5.82 Å². The average Bonchev–Trinajstić information content (AvgIpc) is 3.10. The van der Waals surface area contributed by atoms with Crippen molar-refractivity contribution in [3.8, 4) is 0 Å². The zero-order valence-electron chi connectivity index (χ0n) is 14.5. The molecule has 0 bridgehead atoms. The fraction of sp³-hybridized carbons (Fsp3) is 0.500. The van der Waals surface area contributed by atoms with E-state index in [1.165, 1.54) is 0 Å². The van der Waals surface area contributed by atoms with Crippen molar-refractivity contribution in [1.29, 1.82) is 0 Å². The number of nitrogens with zero attached hydrogens (tertiary/aromatic N) is 4. The highest BCUT2D eigenvalue weighted by atomic mass is 16.3. The Bertz CT molecular complexity index is 663. The smallest absolute Gasteiger partial charge is 0.228 e. The van der Waals surface area contributed by atoms with E-state index in [1.54, 1.807) is 17.1 Å². The van der Waals surface area contributed by atoms with E-state index in [0.29, 0.717) is 18.9 Å². The van der Waals surface area contributed by atoms with Crippen LogP contribution in [0.1, 0.15) is 18.4 Å². The van der Waals surface area contributed by atoms with Crippen molar-refractivity contribution >= 4 is 11.7 Å². The van der Waals surface area contributed by atoms with Crippen LogP contribution in [0.2, 0.25) is 0 Å². The van der Waals surface area contributed by atoms with Gasteiger partial charge in [-0.25, -0.2) is 4.98 Å². The number of anilines is 1. The van der Waals surface area contributed by atoms with Crippen molar-refractivity contribution in [3.05, 3.63) is 42.4 Å². The van der Waals surface area contributed by atoms with Crippen molar-refractivity contribution in [2.24, 2.45) is 5.92 Å². The number of carbonyl (C=O) groups excluding carboxylic acids is 1. The Morgan fingerprint density at radius 3 is 2.80 bits per heavy atom. The van der Waals surface area contributed by atoms with Gasteiger partial charge in [0.2, 0.25) is 5.91 Å². The molecule has 0 aromatic carbocycles. The number of amides is 1. The maximum Gasteiger partial charge on any atom is 0.228 e. The number of hydrogen-bond acceptors (Lipinski definition) is 5. The molecule has 0 saturated carbocycles. The quantitative estimate of drug-likeness (QED) is 0.826. The van der Waals surface area contributed by atoms with Gasteiger partial charge in [-0.3, -0.25) is 9.48 Å². The van der Waals surface area contributed by atoms with Crippen LogP contribution in [0.3, 0.4) is 0 Å². The average molecular weight is 343 g/mol. The minimum absolute atomic E-state index is 0.00242. The van der Waals surface area contributed by atoms with E-state index in [-0.39, 0.29) is 11.8 Å². The first-order chi connectivity index (χ1) is 12.1. The number of carbonyl (C=O) groups is 1. The van der Waals surface area contributed by atoms with Crippen LogP contribution in [0.5, 0.6) is 0 Å². The van der Waals surface area contributed by atoms with Crippen molar-refractivity contribution in [2.75, 3.05) is 25.0 Å². The molecule has 1 aliphatic heterocycles. The van der Waals surface area contributed by atoms with E-state index in [1.807, 2.05) is 31.3 Å². The van der Waals surface area contributed by atoms with Gasteiger partial charge in [-0.05, 0) is 50.6 Å². The van der Waals surface area contributed by atoms with Gasteiger partial charge in [-0.1, -0.05) is 6.07 Å². The molecule has 1 fully saturated rings. The van der Waals surface area contributed by atoms with Crippen molar-refractivity contribution in [1.82, 2.24) is 19.7 Å². The summed E-state index contributed by atoms with van der Waals surface area (Å²) in [5, 5.41) is 17.2. The lowest BCUT2D eigenvalue weighted by atomic mass is 9.95. The van der Waals surface area contributed by atoms with Gasteiger partial charge in [-0.2, -0.15) is 5.10 Å². The van der Waals surface area contributed by atoms with Gasteiger partial charge in [0.25, 0.3) is 0 Å². The van der Waals surface area contributed by atoms with Crippen LogP contribution < -0.4 is 5.32 Å². The third-order valence-electron chi connectivity index (χ3n) is 4.55. The standard InChI is InChI=1S/C18H25N5O2/c1-14-3-4-17(19-11-14)21-18(25)15-5-9-22(10-6-15)12-16(24)13-23-8-2-7-20-23/h2-4,7-8,11,15-16,24H,5-6,9-10,12-13H2,1H3,(H,19,21,25). The monoisotopic (exact) mass is 343 g/mol. The van der Waals surface area contributed by atoms with Crippen molar-refractivity contribution < 1.29 is 9.90 Å². The maximum absolute atomic E-state index is 12.4. The Morgan fingerprint density at radius 1 is 1.36 bits per heavy atom. The summed E-state index contributed by atoms with van der Waals surface area (Å²) in [6.07, 6.45) is 6.44. The lowest BCUT2D eigenvalue weighted by Gasteiger charge is -2.32. The van der Waals surface area contributed by atoms with Gasteiger partial charge in [0.05, 0.1) is 12.6 Å². The Kier molecular flexibility index (Phi) is 5.78. The summed E-state index contributed by atoms with van der Waals surface area (Å²) in [6.45, 7) is 4.69. The second-order valence-corrected chi connectivity index (χ2v) is 6.67. The maximum atomic E-state index is 12.4. The largest absolute Gasteiger partial charge is 0.390 e. The molecular weight excluding hydrogens is 318 g/mol. The number of pyridine rings is 1. The molecule has 7 heteroatoms. The summed E-state index contributed by atoms with van der Waals surface area (Å²) in [7, 11) is 0. The third kappa shape index (κ3) is 5.11. The van der Waals surface area contributed by atoms with Gasteiger partial charge in [0.1, 0.15) is 5.82 Å². The molecule has 134 valence electrons. The molecule has 1 atom stereocenters. The van der Waals surface area contributed by atoms with E-state index in [0.717, 1.165) is 31.5 Å². The molecule has 2 N–H and O–H groups in total. The Labute approximate surface area is 147 Å². The Morgan fingerprint density at radius 2 is 2.16 bits per heavy atom. The lowest BCUT2D eigenvalue weighted by molar-refractivity contribution is -0.121. The third-order valence-corrected chi connectivity index (χ3v) is 4.55. The predicted octanol–water partition coefficient (Wildman–Crippen LogP) is 1.30. The predicted molar refractivity (Wildman–Crippen MR) is 95.0 cm³/mol. The highest BCUT2D eigenvalue weighted by molar-refractivity contribution is 5.91. The van der Waals surface area contributed by atoms with Crippen LogP contribution in [0.15, 0.2) is 36.8 Å². The lowest BCUT2D eigenvalue weighted by Crippen LogP contribution is -2.42. The van der Waals surface area contributed by atoms with Gasteiger partial charge in [0, 0.05) is 31.1 Å². The Balaban J connectivity index is 1.41. The molecule has 3 rings (SSSR count). The first-order valence-corrected chi connectivity index (χ1v) is 8.71. The summed E-state index contributed by atoms with van der Waals surface area (Å²) in [5.41, 5.74) is 1.07. The van der Waals surface area contributed by atoms with E-state index in [4.69, 9.17) is 0 Å². The molecule has 7 nitrogen and oxygen atoms in total. The normalized spacial score (nSPS) is 17.4. The molecule has 0 spiro atoms. The van der Waals surface area contributed by atoms with Crippen LogP contribution in [0, 0.1) is 12.8 Å². The first kappa shape index (κ1) is 17.6. The molecule has 0 aliphatic carbocycles. The van der Waals surface area contributed by atoms with E-state index in [2.05, 4.69) is 20.3 Å². The number of aliphatic hydroxyl groups is 1. The summed E-state index contributed by atoms with van der Waals surface area (Å²) < 4.78 is 1.74. The molecule has 3 heterocycles. The zero-order valence-corrected chi connectivity index (χ0v) is 14.5. The number of aromatic nitrogens is 3. The molecule has 2 aromatic heterocycles. The molecular formula is C18H25N5O2. The second-order valence-electron chi connectivity index (χ2n) is 6.67. The number of hydrogen-bond donors (Lipinski definition) is 2. The number of aryl methyl sites for hydroxylation is 1. The van der Waals surface area contributed by atoms with Crippen LogP contribution in [0.25, 0.3) is 0 Å². The number of piperidine rings is 1. The van der Waals surface area contributed by atoms with Crippen molar-refractivity contribution in [3.63, 3.8) is 0 Å². The minimum Gasteiger partial charge on any atom is -0.390 e. The molecule has 1 aliphatic rings. The second kappa shape index (κ2) is 8.22. The van der Waals surface area contributed by atoms with E-state index >= 15 is 0 Å². The number of β-amino-alcohol motifs (C(OH)–C–C–N with tert-alkyl or cyclic N) is 1. The molecule has 1 unspecified atom stereocenters. The van der Waals surface area contributed by atoms with Crippen LogP contribution >= 0.6 is 0 Å². The zero-order chi connectivity index (χ0) is 17.6. The summed E-state index contributed by atoms with van der Waals surface area (Å²) in [6, 6.07) is 5.61. The van der Waals surface area contributed by atoms with Crippen molar-refractivity contribution in [2.45, 2.75) is 32.4 Å². The van der Waals surface area contributed by atoms with Gasteiger partial charge in [-0.15, -0.1) is 0 Å². The fourth-order valence-electron chi connectivity index (χ4n) is 3.13. The highest BCUT2D eigenvalue weighted by Gasteiger charge is 2.26. The minimum atomic E-state index is -0.456. The van der Waals surface area contributed by atoms with Gasteiger partial charge < -0.3 is 15.3 Å². The van der Waals surface area contributed by atoms with Gasteiger partial charge in [0.15, 0.2) is 0 Å². The van der Waals surface area contributed by atoms with Crippen LogP contribution in [-0.4, -0.2) is 56.4 Å². The number of nitrogens with one attached hydrogen (secondary N) is 1. The molecule has 2 aromatic rings. The fourth-order valence-corrected chi connectivity index (χ4v) is 3.13. The Hall–Kier alpha value is -2.25. The summed E-state index contributed by atoms with van der Waals surface area (Å²) in [4.78, 5) is 18.8. The first-order valence-electron chi connectivity index (χ1n) is 8.71. The molecule has 1 amide bonds. The van der Waals surface area contributed by atoms with E-state index < -0.39 is 6.10 Å².